The first-order valence-corrected chi connectivity index (χ1v) is 9.41. The lowest BCUT2D eigenvalue weighted by atomic mass is 9.67. The van der Waals surface area contributed by atoms with Crippen molar-refractivity contribution in [2.45, 2.75) is 78.2 Å². The molecule has 0 bridgehead atoms. The summed E-state index contributed by atoms with van der Waals surface area (Å²) in [4.78, 5) is 0. The van der Waals surface area contributed by atoms with Crippen molar-refractivity contribution in [2.24, 2.45) is 5.41 Å². The Bertz CT molecular complexity index is 600. The van der Waals surface area contributed by atoms with E-state index in [2.05, 4.69) is 0 Å². The molecule has 0 amide bonds. The first kappa shape index (κ1) is 21.3. The Labute approximate surface area is 155 Å². The van der Waals surface area contributed by atoms with Gasteiger partial charge in [-0.05, 0) is 31.4 Å². The van der Waals surface area contributed by atoms with Crippen molar-refractivity contribution in [1.82, 2.24) is 0 Å². The van der Waals surface area contributed by atoms with Crippen LogP contribution in [-0.4, -0.2) is 19.3 Å². The quantitative estimate of drug-likeness (QED) is 0.646. The zero-order chi connectivity index (χ0) is 19.6. The minimum atomic E-state index is -3.17. The van der Waals surface area contributed by atoms with Crippen molar-refractivity contribution in [3.8, 4) is 0 Å². The average Bonchev–Trinajstić information content (AvgIpc) is 3.09. The van der Waals surface area contributed by atoms with Crippen molar-refractivity contribution >= 4 is 12.6 Å². The fourth-order valence-corrected chi connectivity index (χ4v) is 3.07. The van der Waals surface area contributed by atoms with Gasteiger partial charge in [-0.15, -0.1) is 0 Å². The first-order chi connectivity index (χ1) is 11.9. The van der Waals surface area contributed by atoms with Crippen LogP contribution in [0.2, 0.25) is 0 Å². The Morgan fingerprint density at radius 2 is 1.54 bits per heavy atom. The van der Waals surface area contributed by atoms with E-state index in [0.717, 1.165) is 19.1 Å². The number of rotatable bonds is 2. The van der Waals surface area contributed by atoms with E-state index in [1.807, 2.05) is 27.7 Å². The topological polar surface area (TPSA) is 18.5 Å². The van der Waals surface area contributed by atoms with Crippen molar-refractivity contribution in [1.29, 1.82) is 0 Å². The van der Waals surface area contributed by atoms with E-state index in [1.54, 1.807) is 0 Å². The molecule has 0 atom stereocenters. The summed E-state index contributed by atoms with van der Waals surface area (Å²) in [6, 6.07) is 3.29. The van der Waals surface area contributed by atoms with Crippen LogP contribution in [0, 0.1) is 11.2 Å². The molecular formula is C20H30BF3O2. The molecule has 3 rings (SSSR count). The summed E-state index contributed by atoms with van der Waals surface area (Å²) in [5, 5.41) is 0. The highest BCUT2D eigenvalue weighted by molar-refractivity contribution is 6.62. The lowest BCUT2D eigenvalue weighted by Crippen LogP contribution is -2.59. The molecule has 0 radical (unpaired) electrons. The number of hydrogen-bond acceptors (Lipinski definition) is 2. The molecule has 1 aromatic rings. The van der Waals surface area contributed by atoms with Gasteiger partial charge in [-0.25, -0.2) is 13.2 Å². The van der Waals surface area contributed by atoms with Gasteiger partial charge in [0.2, 0.25) is 0 Å². The van der Waals surface area contributed by atoms with Crippen molar-refractivity contribution in [2.75, 3.05) is 6.61 Å². The molecule has 1 aliphatic carbocycles. The van der Waals surface area contributed by atoms with Gasteiger partial charge in [0.05, 0.1) is 5.60 Å². The lowest BCUT2D eigenvalue weighted by molar-refractivity contribution is -0.0941. The van der Waals surface area contributed by atoms with E-state index in [0.29, 0.717) is 6.61 Å². The van der Waals surface area contributed by atoms with E-state index < -0.39 is 30.0 Å². The lowest BCUT2D eigenvalue weighted by Gasteiger charge is -2.47. The second-order valence-corrected chi connectivity index (χ2v) is 8.54. The predicted molar refractivity (Wildman–Crippen MR) is 99.3 cm³/mol. The third-order valence-electron chi connectivity index (χ3n) is 5.62. The molecule has 1 saturated heterocycles. The van der Waals surface area contributed by atoms with Crippen LogP contribution in [0.5, 0.6) is 0 Å². The molecule has 0 N–H and O–H groups in total. The normalized spacial score (nSPS) is 21.9. The van der Waals surface area contributed by atoms with Crippen LogP contribution >= 0.6 is 0 Å². The van der Waals surface area contributed by atoms with Crippen LogP contribution in [0.25, 0.3) is 0 Å². The summed E-state index contributed by atoms with van der Waals surface area (Å²) in [6.07, 6.45) is 7.50. The van der Waals surface area contributed by atoms with Crippen molar-refractivity contribution < 1.29 is 22.5 Å². The maximum atomic E-state index is 13.7. The largest absolute Gasteiger partial charge is 0.494 e. The SMILES string of the molecule is C1CCCC1.CC(F)(F)c1cc(F)ccc1B1OCC(C)(C)C(C)(C)O1. The second-order valence-electron chi connectivity index (χ2n) is 8.54. The standard InChI is InChI=1S/C15H20BF3O2.C5H10/c1-13(2)9-20-16(21-14(13,3)4)12-7-6-10(17)8-11(12)15(5,18)19;1-2-4-5-3-1/h6-8H,9H2,1-5H3;1-5H2. The van der Waals surface area contributed by atoms with Gasteiger partial charge in [0, 0.05) is 24.5 Å². The van der Waals surface area contributed by atoms with E-state index in [9.17, 15) is 13.2 Å². The number of benzene rings is 1. The van der Waals surface area contributed by atoms with E-state index in [4.69, 9.17) is 9.31 Å². The van der Waals surface area contributed by atoms with Gasteiger partial charge in [0.15, 0.2) is 0 Å². The van der Waals surface area contributed by atoms with Gasteiger partial charge in [-0.3, -0.25) is 0 Å². The molecule has 146 valence electrons. The molecule has 0 aromatic heterocycles. The van der Waals surface area contributed by atoms with Crippen LogP contribution in [0.3, 0.4) is 0 Å². The summed E-state index contributed by atoms with van der Waals surface area (Å²) in [5.74, 6) is -3.87. The highest BCUT2D eigenvalue weighted by atomic mass is 19.3. The Morgan fingerprint density at radius 3 is 2.00 bits per heavy atom. The van der Waals surface area contributed by atoms with Crippen LogP contribution < -0.4 is 5.46 Å². The Morgan fingerprint density at radius 1 is 1.00 bits per heavy atom. The van der Waals surface area contributed by atoms with Crippen molar-refractivity contribution in [3.63, 3.8) is 0 Å². The first-order valence-electron chi connectivity index (χ1n) is 9.41. The zero-order valence-electron chi connectivity index (χ0n) is 16.5. The summed E-state index contributed by atoms with van der Waals surface area (Å²) < 4.78 is 52.2. The van der Waals surface area contributed by atoms with Gasteiger partial charge < -0.3 is 9.31 Å². The number of hydrogen-bond donors (Lipinski definition) is 0. The highest BCUT2D eigenvalue weighted by Gasteiger charge is 2.48. The number of alkyl halides is 2. The number of halogens is 3. The third-order valence-corrected chi connectivity index (χ3v) is 5.62. The molecule has 6 heteroatoms. The Hall–Kier alpha value is -1.01. The molecular weight excluding hydrogens is 340 g/mol. The molecule has 26 heavy (non-hydrogen) atoms. The molecule has 1 aliphatic heterocycles. The second kappa shape index (κ2) is 7.93. The molecule has 2 aliphatic rings. The van der Waals surface area contributed by atoms with E-state index >= 15 is 0 Å². The van der Waals surface area contributed by atoms with Crippen LogP contribution in [0.4, 0.5) is 13.2 Å². The third kappa shape index (κ3) is 5.04. The molecule has 1 aromatic carbocycles. The summed E-state index contributed by atoms with van der Waals surface area (Å²) in [6.45, 7) is 8.89. The van der Waals surface area contributed by atoms with Crippen LogP contribution in [0.1, 0.15) is 72.3 Å². The summed E-state index contributed by atoms with van der Waals surface area (Å²) in [5.41, 5.74) is -1.03. The minimum Gasteiger partial charge on any atom is -0.407 e. The zero-order valence-corrected chi connectivity index (χ0v) is 16.5. The monoisotopic (exact) mass is 370 g/mol. The maximum absolute atomic E-state index is 13.7. The summed E-state index contributed by atoms with van der Waals surface area (Å²) in [7, 11) is -0.922. The predicted octanol–water partition coefficient (Wildman–Crippen LogP) is 5.43. The fourth-order valence-electron chi connectivity index (χ4n) is 3.07. The van der Waals surface area contributed by atoms with Crippen LogP contribution in [0.15, 0.2) is 18.2 Å². The molecule has 2 fully saturated rings. The Kier molecular flexibility index (Phi) is 6.50. The van der Waals surface area contributed by atoms with Crippen molar-refractivity contribution in [3.05, 3.63) is 29.6 Å². The maximum Gasteiger partial charge on any atom is 0.494 e. The van der Waals surface area contributed by atoms with Gasteiger partial charge in [0.1, 0.15) is 5.82 Å². The molecule has 0 spiro atoms. The fraction of sp³-hybridized carbons (Fsp3) is 0.700. The van der Waals surface area contributed by atoms with Gasteiger partial charge in [-0.2, -0.15) is 0 Å². The minimum absolute atomic E-state index is 0.174. The van der Waals surface area contributed by atoms with E-state index in [-0.39, 0.29) is 10.9 Å². The molecule has 1 heterocycles. The average molecular weight is 370 g/mol. The molecule has 1 saturated carbocycles. The van der Waals surface area contributed by atoms with Gasteiger partial charge in [0.25, 0.3) is 5.92 Å². The Balaban J connectivity index is 0.000000417. The van der Waals surface area contributed by atoms with Crippen LogP contribution in [-0.2, 0) is 15.2 Å². The highest BCUT2D eigenvalue weighted by Crippen LogP contribution is 2.38. The summed E-state index contributed by atoms with van der Waals surface area (Å²) >= 11 is 0. The van der Waals surface area contributed by atoms with E-state index in [1.165, 1.54) is 38.2 Å². The molecule has 0 unspecified atom stereocenters. The smallest absolute Gasteiger partial charge is 0.407 e. The van der Waals surface area contributed by atoms with Gasteiger partial charge >= 0.3 is 7.12 Å². The van der Waals surface area contributed by atoms with Gasteiger partial charge in [-0.1, -0.05) is 52.0 Å². The molecule has 2 nitrogen and oxygen atoms in total.